The molecule has 3 rings (SSSR count). The van der Waals surface area contributed by atoms with Crippen molar-refractivity contribution >= 4 is 29.3 Å². The maximum atomic E-state index is 13.0. The number of para-hydroxylation sites is 1. The van der Waals surface area contributed by atoms with E-state index >= 15 is 0 Å². The van der Waals surface area contributed by atoms with E-state index in [1.54, 1.807) is 31.3 Å². The summed E-state index contributed by atoms with van der Waals surface area (Å²) in [5.74, 6) is 0.864. The SMILES string of the molecule is CC(C)[C@@H]1CC[C@H](C)C[C@@H]1OC(=O)c1ccccc1NC(=O)CSc1nnnn1C. The van der Waals surface area contributed by atoms with Gasteiger partial charge in [0.05, 0.1) is 17.0 Å². The van der Waals surface area contributed by atoms with Crippen molar-refractivity contribution in [2.45, 2.75) is 51.3 Å². The highest BCUT2D eigenvalue weighted by Gasteiger charge is 2.34. The quantitative estimate of drug-likeness (QED) is 0.528. The van der Waals surface area contributed by atoms with Gasteiger partial charge in [-0.05, 0) is 53.2 Å². The standard InChI is InChI=1S/C21H29N5O3S/c1-13(2)15-10-9-14(3)11-18(15)29-20(28)16-7-5-6-8-17(16)22-19(27)12-30-21-23-24-25-26(21)4/h5-8,13-15,18H,9-12H2,1-4H3,(H,22,27)/t14-,15-,18-/m0/s1. The number of hydrogen-bond acceptors (Lipinski definition) is 7. The first-order valence-corrected chi connectivity index (χ1v) is 11.3. The summed E-state index contributed by atoms with van der Waals surface area (Å²) in [5, 5.41) is 14.5. The number of benzene rings is 1. The van der Waals surface area contributed by atoms with E-state index in [1.165, 1.54) is 22.9 Å². The first-order valence-electron chi connectivity index (χ1n) is 10.3. The Hall–Kier alpha value is -2.42. The molecule has 0 aliphatic heterocycles. The molecule has 0 bridgehead atoms. The molecule has 1 N–H and O–H groups in total. The zero-order chi connectivity index (χ0) is 21.7. The number of rotatable bonds is 7. The van der Waals surface area contributed by atoms with Crippen molar-refractivity contribution in [2.75, 3.05) is 11.1 Å². The zero-order valence-electron chi connectivity index (χ0n) is 17.9. The van der Waals surface area contributed by atoms with Gasteiger partial charge in [0.25, 0.3) is 0 Å². The highest BCUT2D eigenvalue weighted by Crippen LogP contribution is 2.36. The third-order valence-electron chi connectivity index (χ3n) is 5.55. The first-order chi connectivity index (χ1) is 14.3. The van der Waals surface area contributed by atoms with Crippen LogP contribution in [0.3, 0.4) is 0 Å². The fraction of sp³-hybridized carbons (Fsp3) is 0.571. The monoisotopic (exact) mass is 431 g/mol. The van der Waals surface area contributed by atoms with Gasteiger partial charge in [-0.1, -0.05) is 51.1 Å². The van der Waals surface area contributed by atoms with Crippen LogP contribution in [0.1, 0.15) is 50.4 Å². The third-order valence-corrected chi connectivity index (χ3v) is 6.57. The maximum Gasteiger partial charge on any atom is 0.340 e. The molecule has 0 unspecified atom stereocenters. The molecule has 9 heteroatoms. The lowest BCUT2D eigenvalue weighted by atomic mass is 9.75. The molecule has 0 radical (unpaired) electrons. The molecule has 3 atom stereocenters. The number of esters is 1. The van der Waals surface area contributed by atoms with Crippen LogP contribution in [-0.2, 0) is 16.6 Å². The molecule has 1 aliphatic rings. The van der Waals surface area contributed by atoms with Crippen LogP contribution in [-0.4, -0.2) is 43.9 Å². The number of carbonyl (C=O) groups excluding carboxylic acids is 2. The average molecular weight is 432 g/mol. The maximum absolute atomic E-state index is 13.0. The Kier molecular flexibility index (Phi) is 7.47. The number of nitrogens with zero attached hydrogens (tertiary/aromatic N) is 4. The average Bonchev–Trinajstić information content (AvgIpc) is 3.11. The largest absolute Gasteiger partial charge is 0.458 e. The van der Waals surface area contributed by atoms with E-state index < -0.39 is 0 Å². The van der Waals surface area contributed by atoms with Crippen LogP contribution in [0.5, 0.6) is 0 Å². The lowest BCUT2D eigenvalue weighted by Gasteiger charge is -2.36. The molecule has 8 nitrogen and oxygen atoms in total. The van der Waals surface area contributed by atoms with E-state index in [-0.39, 0.29) is 23.7 Å². The molecule has 1 aromatic carbocycles. The van der Waals surface area contributed by atoms with E-state index in [1.807, 2.05) is 0 Å². The van der Waals surface area contributed by atoms with Crippen molar-refractivity contribution in [1.82, 2.24) is 20.2 Å². The Balaban J connectivity index is 1.65. The van der Waals surface area contributed by atoms with Gasteiger partial charge in [0.2, 0.25) is 11.1 Å². The van der Waals surface area contributed by atoms with Gasteiger partial charge in [0.1, 0.15) is 6.10 Å². The molecule has 30 heavy (non-hydrogen) atoms. The van der Waals surface area contributed by atoms with Gasteiger partial charge in [0.15, 0.2) is 0 Å². The highest BCUT2D eigenvalue weighted by molar-refractivity contribution is 7.99. The molecule has 1 fully saturated rings. The Morgan fingerprint density at radius 2 is 2.07 bits per heavy atom. The number of aromatic nitrogens is 4. The Bertz CT molecular complexity index is 885. The van der Waals surface area contributed by atoms with Crippen LogP contribution in [0.25, 0.3) is 0 Å². The summed E-state index contributed by atoms with van der Waals surface area (Å²) in [6.07, 6.45) is 3.03. The van der Waals surface area contributed by atoms with Crippen molar-refractivity contribution in [1.29, 1.82) is 0 Å². The normalized spacial score (nSPS) is 21.4. The van der Waals surface area contributed by atoms with E-state index in [9.17, 15) is 9.59 Å². The number of nitrogens with one attached hydrogen (secondary N) is 1. The summed E-state index contributed by atoms with van der Waals surface area (Å²) >= 11 is 1.23. The molecule has 162 valence electrons. The molecule has 0 saturated heterocycles. The van der Waals surface area contributed by atoms with Crippen molar-refractivity contribution < 1.29 is 14.3 Å². The van der Waals surface area contributed by atoms with Crippen LogP contribution in [0, 0.1) is 17.8 Å². The Labute approximate surface area is 181 Å². The molecule has 1 heterocycles. The number of aryl methyl sites for hydroxylation is 1. The number of anilines is 1. The van der Waals surface area contributed by atoms with Gasteiger partial charge >= 0.3 is 5.97 Å². The molecule has 1 saturated carbocycles. The van der Waals surface area contributed by atoms with E-state index in [0.717, 1.165) is 12.8 Å². The van der Waals surface area contributed by atoms with Gasteiger partial charge in [-0.15, -0.1) is 5.10 Å². The van der Waals surface area contributed by atoms with E-state index in [2.05, 4.69) is 41.6 Å². The minimum absolute atomic E-state index is 0.0935. The minimum atomic E-state index is -0.388. The van der Waals surface area contributed by atoms with E-state index in [4.69, 9.17) is 4.74 Å². The molecular formula is C21H29N5O3S. The summed E-state index contributed by atoms with van der Waals surface area (Å²) in [5.41, 5.74) is 0.825. The van der Waals surface area contributed by atoms with Crippen molar-refractivity contribution in [3.05, 3.63) is 29.8 Å². The van der Waals surface area contributed by atoms with Gasteiger partial charge in [-0.3, -0.25) is 4.79 Å². The number of hydrogen-bond donors (Lipinski definition) is 1. The smallest absolute Gasteiger partial charge is 0.340 e. The fourth-order valence-electron chi connectivity index (χ4n) is 3.88. The summed E-state index contributed by atoms with van der Waals surface area (Å²) < 4.78 is 7.45. The fourth-order valence-corrected chi connectivity index (χ4v) is 4.53. The van der Waals surface area contributed by atoms with Gasteiger partial charge in [0, 0.05) is 7.05 Å². The Morgan fingerprint density at radius 1 is 1.30 bits per heavy atom. The topological polar surface area (TPSA) is 99.0 Å². The van der Waals surface area contributed by atoms with Crippen molar-refractivity contribution in [3.8, 4) is 0 Å². The van der Waals surface area contributed by atoms with Crippen LogP contribution >= 0.6 is 11.8 Å². The predicted octanol–water partition coefficient (Wildman–Crippen LogP) is 3.56. The van der Waals surface area contributed by atoms with Crippen LogP contribution in [0.4, 0.5) is 5.69 Å². The lowest BCUT2D eigenvalue weighted by Crippen LogP contribution is -2.36. The van der Waals surface area contributed by atoms with Crippen LogP contribution in [0.15, 0.2) is 29.4 Å². The first kappa shape index (κ1) is 22.3. The second kappa shape index (κ2) is 10.1. The number of tetrazole rings is 1. The highest BCUT2D eigenvalue weighted by atomic mass is 32.2. The van der Waals surface area contributed by atoms with Crippen molar-refractivity contribution in [3.63, 3.8) is 0 Å². The van der Waals surface area contributed by atoms with Crippen LogP contribution in [0.2, 0.25) is 0 Å². The number of carbonyl (C=O) groups is 2. The zero-order valence-corrected chi connectivity index (χ0v) is 18.7. The van der Waals surface area contributed by atoms with Crippen molar-refractivity contribution in [2.24, 2.45) is 24.8 Å². The Morgan fingerprint density at radius 3 is 2.77 bits per heavy atom. The molecule has 1 amide bonds. The van der Waals surface area contributed by atoms with Crippen LogP contribution < -0.4 is 5.32 Å². The van der Waals surface area contributed by atoms with Gasteiger partial charge < -0.3 is 10.1 Å². The van der Waals surface area contributed by atoms with Gasteiger partial charge in [-0.2, -0.15) is 0 Å². The van der Waals surface area contributed by atoms with E-state index in [0.29, 0.717) is 34.2 Å². The second-order valence-corrected chi connectivity index (χ2v) is 9.18. The lowest BCUT2D eigenvalue weighted by molar-refractivity contribution is -0.113. The molecule has 2 aromatic rings. The molecular weight excluding hydrogens is 402 g/mol. The summed E-state index contributed by atoms with van der Waals surface area (Å²) in [6, 6.07) is 6.96. The summed E-state index contributed by atoms with van der Waals surface area (Å²) in [7, 11) is 1.71. The summed E-state index contributed by atoms with van der Waals surface area (Å²) in [4.78, 5) is 25.4. The number of ether oxygens (including phenoxy) is 1. The number of thioether (sulfide) groups is 1. The molecule has 1 aliphatic carbocycles. The summed E-state index contributed by atoms with van der Waals surface area (Å²) in [6.45, 7) is 6.57. The minimum Gasteiger partial charge on any atom is -0.458 e. The predicted molar refractivity (Wildman–Crippen MR) is 115 cm³/mol. The number of amides is 1. The second-order valence-electron chi connectivity index (χ2n) is 8.24. The molecule has 1 aromatic heterocycles. The molecule has 0 spiro atoms. The third kappa shape index (κ3) is 5.59. The van der Waals surface area contributed by atoms with Gasteiger partial charge in [-0.25, -0.2) is 9.48 Å².